The number of nitrogens with zero attached hydrogens (tertiary/aromatic N) is 3. The van der Waals surface area contributed by atoms with Crippen molar-refractivity contribution in [2.75, 3.05) is 22.7 Å². The molecule has 1 aliphatic heterocycles. The molecule has 208 valence electrons. The quantitative estimate of drug-likeness (QED) is 0.367. The van der Waals surface area contributed by atoms with Crippen LogP contribution < -0.4 is 9.62 Å². The van der Waals surface area contributed by atoms with Crippen molar-refractivity contribution in [2.45, 2.75) is 50.6 Å². The lowest BCUT2D eigenvalue weighted by Gasteiger charge is -2.38. The fourth-order valence-electron chi connectivity index (χ4n) is 4.78. The average Bonchev–Trinajstić information content (AvgIpc) is 2.88. The summed E-state index contributed by atoms with van der Waals surface area (Å²) in [5, 5.41) is 9.60. The number of hydrogen-bond acceptors (Lipinski definition) is 6. The maximum absolute atomic E-state index is 13.9. The smallest absolute Gasteiger partial charge is 0.418 e. The highest BCUT2D eigenvalue weighted by atomic mass is 32.2. The second-order valence-corrected chi connectivity index (χ2v) is 11.5. The van der Waals surface area contributed by atoms with E-state index in [2.05, 4.69) is 14.7 Å². The summed E-state index contributed by atoms with van der Waals surface area (Å²) >= 11 is 0. The van der Waals surface area contributed by atoms with Gasteiger partial charge in [-0.15, -0.1) is 0 Å². The van der Waals surface area contributed by atoms with Gasteiger partial charge in [-0.2, -0.15) is 13.2 Å². The maximum atomic E-state index is 13.9. The highest BCUT2D eigenvalue weighted by Gasteiger charge is 2.39. The minimum absolute atomic E-state index is 0.160. The zero-order valence-corrected chi connectivity index (χ0v) is 22.3. The molecule has 1 fully saturated rings. The van der Waals surface area contributed by atoms with E-state index in [4.69, 9.17) is 0 Å². The summed E-state index contributed by atoms with van der Waals surface area (Å²) in [6.07, 6.45) is -0.418. The van der Waals surface area contributed by atoms with Gasteiger partial charge in [0.2, 0.25) is 0 Å². The molecule has 39 heavy (non-hydrogen) atoms. The number of hydrogen-bond donors (Lipinski definition) is 2. The molecule has 3 aromatic rings. The molecular formula is C27H29F3N4O4S. The minimum atomic E-state index is -4.70. The number of aryl methyl sites for hydroxylation is 1. The molecule has 1 aliphatic rings. The van der Waals surface area contributed by atoms with Gasteiger partial charge in [0.15, 0.2) is 0 Å². The summed E-state index contributed by atoms with van der Waals surface area (Å²) in [5.41, 5.74) is -1.07. The molecule has 3 heterocycles. The van der Waals surface area contributed by atoms with Crippen molar-refractivity contribution >= 4 is 27.6 Å². The molecule has 1 aromatic carbocycles. The zero-order valence-electron chi connectivity index (χ0n) is 21.5. The lowest BCUT2D eigenvalue weighted by molar-refractivity contribution is -0.148. The van der Waals surface area contributed by atoms with Crippen molar-refractivity contribution in [1.82, 2.24) is 9.97 Å². The van der Waals surface area contributed by atoms with E-state index in [1.165, 1.54) is 18.3 Å². The van der Waals surface area contributed by atoms with Crippen LogP contribution in [-0.4, -0.2) is 42.6 Å². The molecule has 12 heteroatoms. The van der Waals surface area contributed by atoms with Crippen LogP contribution in [0, 0.1) is 5.41 Å². The molecule has 0 aliphatic carbocycles. The van der Waals surface area contributed by atoms with Crippen LogP contribution in [0.2, 0.25) is 0 Å². The van der Waals surface area contributed by atoms with Gasteiger partial charge in [0.25, 0.3) is 10.0 Å². The number of pyridine rings is 2. The first-order chi connectivity index (χ1) is 18.3. The van der Waals surface area contributed by atoms with Crippen molar-refractivity contribution in [3.05, 3.63) is 66.0 Å². The molecule has 4 rings (SSSR count). The molecule has 8 nitrogen and oxygen atoms in total. The third-order valence-corrected chi connectivity index (χ3v) is 8.19. The fourth-order valence-corrected chi connectivity index (χ4v) is 5.78. The Morgan fingerprint density at radius 1 is 1.15 bits per heavy atom. The predicted octanol–water partition coefficient (Wildman–Crippen LogP) is 5.61. The monoisotopic (exact) mass is 562 g/mol. The molecule has 0 unspecified atom stereocenters. The molecule has 1 atom stereocenters. The van der Waals surface area contributed by atoms with Gasteiger partial charge in [-0.1, -0.05) is 37.6 Å². The van der Waals surface area contributed by atoms with E-state index >= 15 is 0 Å². The summed E-state index contributed by atoms with van der Waals surface area (Å²) in [6.45, 7) is 4.22. The Bertz CT molecular complexity index is 1480. The van der Waals surface area contributed by atoms with E-state index in [0.717, 1.165) is 12.5 Å². The van der Waals surface area contributed by atoms with Crippen LogP contribution >= 0.6 is 0 Å². The highest BCUT2D eigenvalue weighted by molar-refractivity contribution is 7.92. The lowest BCUT2D eigenvalue weighted by Crippen LogP contribution is -2.46. The van der Waals surface area contributed by atoms with Crippen LogP contribution in [0.4, 0.5) is 24.8 Å². The molecule has 2 N–H and O–H groups in total. The van der Waals surface area contributed by atoms with Gasteiger partial charge in [0.1, 0.15) is 11.6 Å². The van der Waals surface area contributed by atoms with Crippen LogP contribution in [0.3, 0.4) is 0 Å². The van der Waals surface area contributed by atoms with Gasteiger partial charge in [0, 0.05) is 31.5 Å². The van der Waals surface area contributed by atoms with Gasteiger partial charge in [0.05, 0.1) is 15.9 Å². The minimum Gasteiger partial charge on any atom is -0.481 e. The number of piperidine rings is 1. The van der Waals surface area contributed by atoms with Crippen LogP contribution in [0.1, 0.15) is 44.2 Å². The molecule has 0 spiro atoms. The number of carbonyl (C=O) groups is 1. The maximum Gasteiger partial charge on any atom is 0.418 e. The Morgan fingerprint density at radius 3 is 2.59 bits per heavy atom. The summed E-state index contributed by atoms with van der Waals surface area (Å²) in [4.78, 5) is 21.3. The van der Waals surface area contributed by atoms with E-state index in [1.54, 1.807) is 36.1 Å². The largest absolute Gasteiger partial charge is 0.481 e. The second kappa shape index (κ2) is 10.8. The normalized spacial score (nSPS) is 18.1. The van der Waals surface area contributed by atoms with E-state index in [-0.39, 0.29) is 22.8 Å². The van der Waals surface area contributed by atoms with Gasteiger partial charge in [-0.3, -0.25) is 9.52 Å². The summed E-state index contributed by atoms with van der Waals surface area (Å²) in [5.74, 6) is -0.916. The Hall–Kier alpha value is -3.67. The Kier molecular flexibility index (Phi) is 7.87. The van der Waals surface area contributed by atoms with Gasteiger partial charge in [-0.05, 0) is 55.0 Å². The molecule has 0 saturated carbocycles. The number of nitrogens with one attached hydrogen (secondary N) is 1. The van der Waals surface area contributed by atoms with Gasteiger partial charge < -0.3 is 10.0 Å². The van der Waals surface area contributed by atoms with E-state index in [0.29, 0.717) is 48.9 Å². The number of rotatable bonds is 8. The van der Waals surface area contributed by atoms with E-state index in [1.807, 2.05) is 6.92 Å². The van der Waals surface area contributed by atoms with E-state index in [9.17, 15) is 31.5 Å². The third-order valence-electron chi connectivity index (χ3n) is 6.84. The number of aromatic nitrogens is 2. The standard InChI is InChI=1S/C27H29F3N4O4S/c1-3-7-18-8-4-5-9-20(18)21-15-23(32-16-22(21)27(28,29)30)33-39(37,38)19-10-12-31-24(14-19)34-13-6-11-26(2,17-34)25(35)36/h4-5,8-10,12,14-16H,3,6-7,11,13,17H2,1-2H3,(H,32,33)(H,35,36)/t26-/m0/s1. The number of carboxylic acids is 1. The lowest BCUT2D eigenvalue weighted by atomic mass is 9.82. The van der Waals surface area contributed by atoms with Crippen molar-refractivity contribution < 1.29 is 31.5 Å². The molecule has 1 saturated heterocycles. The molecule has 0 radical (unpaired) electrons. The first-order valence-corrected chi connectivity index (χ1v) is 13.9. The Balaban J connectivity index is 1.68. The average molecular weight is 563 g/mol. The first-order valence-electron chi connectivity index (χ1n) is 12.5. The molecular weight excluding hydrogens is 533 g/mol. The molecule has 0 bridgehead atoms. The summed E-state index contributed by atoms with van der Waals surface area (Å²) < 4.78 is 70.5. The predicted molar refractivity (Wildman–Crippen MR) is 141 cm³/mol. The Labute approximate surface area is 225 Å². The van der Waals surface area contributed by atoms with Crippen LogP contribution in [0.5, 0.6) is 0 Å². The number of anilines is 2. The van der Waals surface area contributed by atoms with Crippen LogP contribution in [-0.2, 0) is 27.4 Å². The van der Waals surface area contributed by atoms with Crippen molar-refractivity contribution in [2.24, 2.45) is 5.41 Å². The van der Waals surface area contributed by atoms with Gasteiger partial charge in [-0.25, -0.2) is 18.4 Å². The Morgan fingerprint density at radius 2 is 1.90 bits per heavy atom. The third kappa shape index (κ3) is 6.16. The fraction of sp³-hybridized carbons (Fsp3) is 0.370. The number of carboxylic acid groups (broad SMARTS) is 1. The van der Waals surface area contributed by atoms with Crippen LogP contribution in [0.15, 0.2) is 59.8 Å². The summed E-state index contributed by atoms with van der Waals surface area (Å²) in [7, 11) is -4.26. The first kappa shape index (κ1) is 28.3. The van der Waals surface area contributed by atoms with Gasteiger partial charge >= 0.3 is 12.1 Å². The van der Waals surface area contributed by atoms with Crippen molar-refractivity contribution in [3.8, 4) is 11.1 Å². The highest BCUT2D eigenvalue weighted by Crippen LogP contribution is 2.39. The SMILES string of the molecule is CCCc1ccccc1-c1cc(NS(=O)(=O)c2ccnc(N3CCC[C@](C)(C(=O)O)C3)c2)ncc1C(F)(F)F. The zero-order chi connectivity index (χ0) is 28.4. The topological polar surface area (TPSA) is 112 Å². The van der Waals surface area contributed by atoms with Crippen molar-refractivity contribution in [3.63, 3.8) is 0 Å². The van der Waals surface area contributed by atoms with E-state index < -0.39 is 33.1 Å². The summed E-state index contributed by atoms with van der Waals surface area (Å²) in [6, 6.07) is 10.4. The number of benzene rings is 1. The second-order valence-electron chi connectivity index (χ2n) is 9.87. The molecule has 2 aromatic heterocycles. The number of halogens is 3. The van der Waals surface area contributed by atoms with Crippen molar-refractivity contribution in [1.29, 1.82) is 0 Å². The number of aliphatic carboxylic acids is 1. The molecule has 0 amide bonds. The van der Waals surface area contributed by atoms with Crippen LogP contribution in [0.25, 0.3) is 11.1 Å². The number of alkyl halides is 3. The number of sulfonamides is 1.